The molecule has 0 saturated heterocycles. The molecule has 0 N–H and O–H groups in total. The number of hydrogen-bond acceptors (Lipinski definition) is 2. The fraction of sp³-hybridized carbons (Fsp3) is 0.235. The standard InChI is InChI=1S/C17H18O2/c18-17(19-14-16-10-5-2-6-11-16)13-7-12-15-8-3-1-4-9-15/h1-6,8-11H,7,12-14H2. The number of hydrogen-bond donors (Lipinski definition) is 0. The Morgan fingerprint density at radius 3 is 2.05 bits per heavy atom. The highest BCUT2D eigenvalue weighted by Gasteiger charge is 2.03. The van der Waals surface area contributed by atoms with Crippen molar-refractivity contribution in [3.05, 3.63) is 71.8 Å². The minimum atomic E-state index is -0.125. The second kappa shape index (κ2) is 7.37. The van der Waals surface area contributed by atoms with E-state index in [4.69, 9.17) is 4.74 Å². The predicted molar refractivity (Wildman–Crippen MR) is 75.6 cm³/mol. The van der Waals surface area contributed by atoms with Crippen LogP contribution in [0, 0.1) is 0 Å². The van der Waals surface area contributed by atoms with Gasteiger partial charge in [0.1, 0.15) is 6.61 Å². The highest BCUT2D eigenvalue weighted by molar-refractivity contribution is 5.69. The third kappa shape index (κ3) is 4.96. The molecular weight excluding hydrogens is 236 g/mol. The first kappa shape index (κ1) is 13.3. The Balaban J connectivity index is 1.65. The molecule has 0 spiro atoms. The monoisotopic (exact) mass is 254 g/mol. The molecule has 0 radical (unpaired) electrons. The predicted octanol–water partition coefficient (Wildman–Crippen LogP) is 3.75. The van der Waals surface area contributed by atoms with E-state index in [1.807, 2.05) is 48.5 Å². The fourth-order valence-electron chi connectivity index (χ4n) is 1.89. The highest BCUT2D eigenvalue weighted by atomic mass is 16.5. The molecule has 0 aliphatic rings. The number of benzene rings is 2. The number of rotatable bonds is 6. The van der Waals surface area contributed by atoms with Crippen LogP contribution in [-0.2, 0) is 22.6 Å². The molecule has 2 nitrogen and oxygen atoms in total. The van der Waals surface area contributed by atoms with Crippen molar-refractivity contribution in [1.82, 2.24) is 0 Å². The molecule has 0 bridgehead atoms. The lowest BCUT2D eigenvalue weighted by molar-refractivity contribution is -0.145. The van der Waals surface area contributed by atoms with Crippen LogP contribution >= 0.6 is 0 Å². The highest BCUT2D eigenvalue weighted by Crippen LogP contribution is 2.06. The molecule has 98 valence electrons. The van der Waals surface area contributed by atoms with E-state index in [1.54, 1.807) is 0 Å². The summed E-state index contributed by atoms with van der Waals surface area (Å²) in [5, 5.41) is 0. The summed E-state index contributed by atoms with van der Waals surface area (Å²) < 4.78 is 5.23. The zero-order valence-electron chi connectivity index (χ0n) is 10.9. The molecule has 2 heteroatoms. The van der Waals surface area contributed by atoms with E-state index >= 15 is 0 Å². The number of carbonyl (C=O) groups excluding carboxylic acids is 1. The zero-order valence-corrected chi connectivity index (χ0v) is 10.9. The number of aryl methyl sites for hydroxylation is 1. The van der Waals surface area contributed by atoms with Gasteiger partial charge in [-0.1, -0.05) is 60.7 Å². The van der Waals surface area contributed by atoms with Gasteiger partial charge in [-0.3, -0.25) is 4.79 Å². The van der Waals surface area contributed by atoms with Crippen molar-refractivity contribution in [2.45, 2.75) is 25.9 Å². The first-order valence-electron chi connectivity index (χ1n) is 6.58. The normalized spacial score (nSPS) is 10.1. The number of ether oxygens (including phenoxy) is 1. The summed E-state index contributed by atoms with van der Waals surface area (Å²) in [6, 6.07) is 19.9. The topological polar surface area (TPSA) is 26.3 Å². The Morgan fingerprint density at radius 1 is 0.842 bits per heavy atom. The van der Waals surface area contributed by atoms with Crippen LogP contribution in [0.15, 0.2) is 60.7 Å². The van der Waals surface area contributed by atoms with Crippen LogP contribution < -0.4 is 0 Å². The SMILES string of the molecule is O=C(CCCc1ccccc1)OCc1ccccc1. The quantitative estimate of drug-likeness (QED) is 0.734. The van der Waals surface area contributed by atoms with Gasteiger partial charge in [0.05, 0.1) is 0 Å². The molecule has 19 heavy (non-hydrogen) atoms. The molecule has 2 rings (SSSR count). The third-order valence-corrected chi connectivity index (χ3v) is 2.93. The first-order valence-corrected chi connectivity index (χ1v) is 6.58. The lowest BCUT2D eigenvalue weighted by Crippen LogP contribution is -2.04. The Bertz CT molecular complexity index is 491. The molecule has 2 aromatic carbocycles. The van der Waals surface area contributed by atoms with Crippen molar-refractivity contribution in [2.75, 3.05) is 0 Å². The van der Waals surface area contributed by atoms with E-state index in [2.05, 4.69) is 12.1 Å². The molecule has 0 aliphatic carbocycles. The molecular formula is C17H18O2. The lowest BCUT2D eigenvalue weighted by atomic mass is 10.1. The second-order valence-electron chi connectivity index (χ2n) is 4.49. The maximum absolute atomic E-state index is 11.6. The van der Waals surface area contributed by atoms with E-state index in [1.165, 1.54) is 5.56 Å². The Hall–Kier alpha value is -2.09. The minimum absolute atomic E-state index is 0.125. The van der Waals surface area contributed by atoms with Crippen LogP contribution in [0.3, 0.4) is 0 Å². The van der Waals surface area contributed by atoms with E-state index in [-0.39, 0.29) is 5.97 Å². The number of carbonyl (C=O) groups is 1. The second-order valence-corrected chi connectivity index (χ2v) is 4.49. The van der Waals surface area contributed by atoms with Gasteiger partial charge in [-0.25, -0.2) is 0 Å². The summed E-state index contributed by atoms with van der Waals surface area (Å²) in [7, 11) is 0. The Kier molecular flexibility index (Phi) is 5.17. The van der Waals surface area contributed by atoms with Crippen molar-refractivity contribution in [2.24, 2.45) is 0 Å². The summed E-state index contributed by atoms with van der Waals surface area (Å²) in [4.78, 5) is 11.6. The van der Waals surface area contributed by atoms with Crippen LogP contribution in [0.5, 0.6) is 0 Å². The zero-order chi connectivity index (χ0) is 13.3. The summed E-state index contributed by atoms with van der Waals surface area (Å²) in [6.45, 7) is 0.366. The van der Waals surface area contributed by atoms with Gasteiger partial charge in [-0.05, 0) is 24.0 Å². The molecule has 2 aromatic rings. The van der Waals surface area contributed by atoms with Gasteiger partial charge < -0.3 is 4.74 Å². The summed E-state index contributed by atoms with van der Waals surface area (Å²) in [5.41, 5.74) is 2.29. The lowest BCUT2D eigenvalue weighted by Gasteiger charge is -2.05. The summed E-state index contributed by atoms with van der Waals surface area (Å²) in [5.74, 6) is -0.125. The smallest absolute Gasteiger partial charge is 0.306 e. The average molecular weight is 254 g/mol. The summed E-state index contributed by atoms with van der Waals surface area (Å²) in [6.07, 6.45) is 2.22. The van der Waals surface area contributed by atoms with E-state index < -0.39 is 0 Å². The van der Waals surface area contributed by atoms with Gasteiger partial charge in [0.15, 0.2) is 0 Å². The van der Waals surface area contributed by atoms with Crippen molar-refractivity contribution in [3.63, 3.8) is 0 Å². The van der Waals surface area contributed by atoms with E-state index in [0.717, 1.165) is 18.4 Å². The Morgan fingerprint density at radius 2 is 1.42 bits per heavy atom. The maximum atomic E-state index is 11.6. The van der Waals surface area contributed by atoms with Gasteiger partial charge >= 0.3 is 5.97 Å². The van der Waals surface area contributed by atoms with Crippen molar-refractivity contribution in [3.8, 4) is 0 Å². The molecule has 0 unspecified atom stereocenters. The van der Waals surface area contributed by atoms with Crippen LogP contribution in [0.4, 0.5) is 0 Å². The van der Waals surface area contributed by atoms with Gasteiger partial charge in [-0.2, -0.15) is 0 Å². The van der Waals surface area contributed by atoms with E-state index in [9.17, 15) is 4.79 Å². The molecule has 0 saturated carbocycles. The summed E-state index contributed by atoms with van der Waals surface area (Å²) >= 11 is 0. The molecule has 0 amide bonds. The first-order chi connectivity index (χ1) is 9.34. The third-order valence-electron chi connectivity index (χ3n) is 2.93. The fourth-order valence-corrected chi connectivity index (χ4v) is 1.89. The van der Waals surface area contributed by atoms with Gasteiger partial charge in [0.2, 0.25) is 0 Å². The van der Waals surface area contributed by atoms with E-state index in [0.29, 0.717) is 13.0 Å². The van der Waals surface area contributed by atoms with Gasteiger partial charge in [-0.15, -0.1) is 0 Å². The Labute approximate surface area is 114 Å². The van der Waals surface area contributed by atoms with Gasteiger partial charge in [0, 0.05) is 6.42 Å². The number of esters is 1. The van der Waals surface area contributed by atoms with Crippen LogP contribution in [0.25, 0.3) is 0 Å². The van der Waals surface area contributed by atoms with Crippen LogP contribution in [0.2, 0.25) is 0 Å². The van der Waals surface area contributed by atoms with Crippen molar-refractivity contribution < 1.29 is 9.53 Å². The maximum Gasteiger partial charge on any atom is 0.306 e. The van der Waals surface area contributed by atoms with Gasteiger partial charge in [0.25, 0.3) is 0 Å². The average Bonchev–Trinajstić information content (AvgIpc) is 2.47. The molecule has 0 aromatic heterocycles. The van der Waals surface area contributed by atoms with Crippen molar-refractivity contribution in [1.29, 1.82) is 0 Å². The molecule has 0 heterocycles. The molecule has 0 atom stereocenters. The molecule has 0 aliphatic heterocycles. The largest absolute Gasteiger partial charge is 0.461 e. The van der Waals surface area contributed by atoms with Crippen LogP contribution in [-0.4, -0.2) is 5.97 Å². The van der Waals surface area contributed by atoms with Crippen LogP contribution in [0.1, 0.15) is 24.0 Å². The minimum Gasteiger partial charge on any atom is -0.461 e. The van der Waals surface area contributed by atoms with Crippen molar-refractivity contribution >= 4 is 5.97 Å². The molecule has 0 fully saturated rings.